The van der Waals surface area contributed by atoms with Gasteiger partial charge < -0.3 is 10.6 Å². The number of benzene rings is 1. The van der Waals surface area contributed by atoms with Crippen LogP contribution in [0.2, 0.25) is 0 Å². The van der Waals surface area contributed by atoms with Crippen molar-refractivity contribution in [1.29, 1.82) is 0 Å². The number of thiophene rings is 1. The van der Waals surface area contributed by atoms with E-state index in [0.717, 1.165) is 36.2 Å². The molecule has 0 radical (unpaired) electrons. The minimum absolute atomic E-state index is 0.0858. The van der Waals surface area contributed by atoms with Crippen LogP contribution in [0.25, 0.3) is 0 Å². The van der Waals surface area contributed by atoms with Crippen molar-refractivity contribution >= 4 is 17.4 Å². The largest absolute Gasteiger partial charge is 0.338 e. The van der Waals surface area contributed by atoms with Crippen molar-refractivity contribution in [1.82, 2.24) is 10.6 Å². The van der Waals surface area contributed by atoms with E-state index in [2.05, 4.69) is 23.6 Å². The Balaban J connectivity index is 1.99. The molecule has 1 atom stereocenters. The summed E-state index contributed by atoms with van der Waals surface area (Å²) in [6, 6.07) is 13.9. The molecule has 3 nitrogen and oxygen atoms in total. The molecule has 0 aliphatic carbocycles. The fraction of sp³-hybridized carbons (Fsp3) is 0.353. The van der Waals surface area contributed by atoms with Gasteiger partial charge in [-0.15, -0.1) is 11.3 Å². The van der Waals surface area contributed by atoms with E-state index in [4.69, 9.17) is 0 Å². The van der Waals surface area contributed by atoms with Crippen LogP contribution in [0.3, 0.4) is 0 Å². The van der Waals surface area contributed by atoms with Gasteiger partial charge in [-0.25, -0.2) is 4.79 Å². The Morgan fingerprint density at radius 3 is 2.62 bits per heavy atom. The molecule has 1 unspecified atom stereocenters. The molecule has 1 heterocycles. The van der Waals surface area contributed by atoms with Crippen LogP contribution in [-0.2, 0) is 0 Å². The molecular weight excluding hydrogens is 280 g/mol. The fourth-order valence-corrected chi connectivity index (χ4v) is 2.98. The Hall–Kier alpha value is -1.81. The average Bonchev–Trinajstić information content (AvgIpc) is 3.04. The molecule has 21 heavy (non-hydrogen) atoms. The SMILES string of the molecule is CCCCCNC(=O)NC(c1ccccc1)c1cccs1. The van der Waals surface area contributed by atoms with Crippen molar-refractivity contribution < 1.29 is 4.79 Å². The lowest BCUT2D eigenvalue weighted by Crippen LogP contribution is -2.38. The van der Waals surface area contributed by atoms with Crippen molar-refractivity contribution in [2.45, 2.75) is 32.2 Å². The maximum atomic E-state index is 12.1. The van der Waals surface area contributed by atoms with Gasteiger partial charge in [0.15, 0.2) is 0 Å². The zero-order valence-electron chi connectivity index (χ0n) is 12.3. The molecule has 1 aromatic heterocycles. The molecule has 2 aromatic rings. The van der Waals surface area contributed by atoms with Crippen LogP contribution in [-0.4, -0.2) is 12.6 Å². The van der Waals surface area contributed by atoms with Crippen LogP contribution in [0, 0.1) is 0 Å². The summed E-state index contributed by atoms with van der Waals surface area (Å²) in [4.78, 5) is 13.2. The highest BCUT2D eigenvalue weighted by Crippen LogP contribution is 2.25. The summed E-state index contributed by atoms with van der Waals surface area (Å²) in [6.45, 7) is 2.88. The molecule has 0 aliphatic rings. The number of carbonyl (C=O) groups excluding carboxylic acids is 1. The normalized spacial score (nSPS) is 11.9. The Kier molecular flexibility index (Phi) is 6.28. The standard InChI is InChI=1S/C17H22N2OS/c1-2-3-7-12-18-17(20)19-16(15-11-8-13-21-15)14-9-5-4-6-10-14/h4-6,8-11,13,16H,2-3,7,12H2,1H3,(H2,18,19,20). The first-order chi connectivity index (χ1) is 10.3. The minimum Gasteiger partial charge on any atom is -0.338 e. The predicted molar refractivity (Wildman–Crippen MR) is 88.7 cm³/mol. The first-order valence-corrected chi connectivity index (χ1v) is 8.32. The molecule has 0 bridgehead atoms. The van der Waals surface area contributed by atoms with Gasteiger partial charge in [0, 0.05) is 11.4 Å². The lowest BCUT2D eigenvalue weighted by molar-refractivity contribution is 0.238. The summed E-state index contributed by atoms with van der Waals surface area (Å²) in [6.07, 6.45) is 3.33. The molecule has 0 fully saturated rings. The van der Waals surface area contributed by atoms with Crippen molar-refractivity contribution in [2.75, 3.05) is 6.54 Å². The smallest absolute Gasteiger partial charge is 0.315 e. The highest BCUT2D eigenvalue weighted by molar-refractivity contribution is 7.10. The van der Waals surface area contributed by atoms with Crippen molar-refractivity contribution in [3.05, 3.63) is 58.3 Å². The lowest BCUT2D eigenvalue weighted by atomic mass is 10.1. The van der Waals surface area contributed by atoms with Gasteiger partial charge in [0.05, 0.1) is 6.04 Å². The number of rotatable bonds is 7. The topological polar surface area (TPSA) is 41.1 Å². The lowest BCUT2D eigenvalue weighted by Gasteiger charge is -2.18. The van der Waals surface area contributed by atoms with Gasteiger partial charge in [0.2, 0.25) is 0 Å². The number of carbonyl (C=O) groups is 1. The zero-order chi connectivity index (χ0) is 14.9. The van der Waals surface area contributed by atoms with Crippen molar-refractivity contribution in [3.63, 3.8) is 0 Å². The summed E-state index contributed by atoms with van der Waals surface area (Å²) >= 11 is 1.66. The van der Waals surface area contributed by atoms with E-state index in [1.807, 2.05) is 41.8 Å². The van der Waals surface area contributed by atoms with E-state index in [1.54, 1.807) is 11.3 Å². The van der Waals surface area contributed by atoms with Gasteiger partial charge in [0.25, 0.3) is 0 Å². The monoisotopic (exact) mass is 302 g/mol. The number of amides is 2. The third-order valence-corrected chi connectivity index (χ3v) is 4.24. The number of nitrogens with one attached hydrogen (secondary N) is 2. The Morgan fingerprint density at radius 2 is 1.95 bits per heavy atom. The Labute approximate surface area is 130 Å². The molecule has 112 valence electrons. The first-order valence-electron chi connectivity index (χ1n) is 7.44. The molecule has 0 aliphatic heterocycles. The number of hydrogen-bond acceptors (Lipinski definition) is 2. The molecular formula is C17H22N2OS. The highest BCUT2D eigenvalue weighted by Gasteiger charge is 2.17. The number of hydrogen-bond donors (Lipinski definition) is 2. The number of unbranched alkanes of at least 4 members (excludes halogenated alkanes) is 2. The van der Waals surface area contributed by atoms with Gasteiger partial charge in [-0.05, 0) is 23.4 Å². The second-order valence-corrected chi connectivity index (χ2v) is 5.95. The molecule has 4 heteroatoms. The third kappa shape index (κ3) is 4.90. The predicted octanol–water partition coefficient (Wildman–Crippen LogP) is 4.33. The van der Waals surface area contributed by atoms with Gasteiger partial charge in [-0.1, -0.05) is 56.2 Å². The van der Waals surface area contributed by atoms with Gasteiger partial charge in [0.1, 0.15) is 0 Å². The van der Waals surface area contributed by atoms with E-state index in [-0.39, 0.29) is 12.1 Å². The van der Waals surface area contributed by atoms with E-state index >= 15 is 0 Å². The van der Waals surface area contributed by atoms with E-state index in [9.17, 15) is 4.79 Å². The van der Waals surface area contributed by atoms with E-state index in [1.165, 1.54) is 0 Å². The fourth-order valence-electron chi connectivity index (χ4n) is 2.18. The Bertz CT molecular complexity index is 525. The second kappa shape index (κ2) is 8.47. The quantitative estimate of drug-likeness (QED) is 0.734. The van der Waals surface area contributed by atoms with Crippen LogP contribution in [0.1, 0.15) is 42.7 Å². The number of urea groups is 1. The first kappa shape index (κ1) is 15.6. The van der Waals surface area contributed by atoms with E-state index in [0.29, 0.717) is 0 Å². The molecule has 1 aromatic carbocycles. The van der Waals surface area contributed by atoms with E-state index < -0.39 is 0 Å². The van der Waals surface area contributed by atoms with Crippen molar-refractivity contribution in [2.24, 2.45) is 0 Å². The van der Waals surface area contributed by atoms with Crippen molar-refractivity contribution in [3.8, 4) is 0 Å². The summed E-state index contributed by atoms with van der Waals surface area (Å²) in [5, 5.41) is 8.04. The molecule has 2 N–H and O–H groups in total. The summed E-state index contributed by atoms with van der Waals surface area (Å²) in [5.74, 6) is 0. The van der Waals surface area contributed by atoms with Crippen LogP contribution in [0.15, 0.2) is 47.8 Å². The molecule has 0 saturated heterocycles. The summed E-state index contributed by atoms with van der Waals surface area (Å²) in [5.41, 5.74) is 1.10. The maximum Gasteiger partial charge on any atom is 0.315 e. The maximum absolute atomic E-state index is 12.1. The van der Waals surface area contributed by atoms with Crippen LogP contribution < -0.4 is 10.6 Å². The average molecular weight is 302 g/mol. The second-order valence-electron chi connectivity index (χ2n) is 4.97. The molecule has 0 spiro atoms. The van der Waals surface area contributed by atoms with Gasteiger partial charge in [-0.2, -0.15) is 0 Å². The van der Waals surface area contributed by atoms with Crippen LogP contribution in [0.5, 0.6) is 0 Å². The highest BCUT2D eigenvalue weighted by atomic mass is 32.1. The molecule has 0 saturated carbocycles. The van der Waals surface area contributed by atoms with Gasteiger partial charge >= 0.3 is 6.03 Å². The summed E-state index contributed by atoms with van der Waals surface area (Å²) < 4.78 is 0. The third-order valence-electron chi connectivity index (χ3n) is 3.30. The molecule has 2 amide bonds. The van der Waals surface area contributed by atoms with Crippen LogP contribution >= 0.6 is 11.3 Å². The van der Waals surface area contributed by atoms with Gasteiger partial charge in [-0.3, -0.25) is 0 Å². The zero-order valence-corrected chi connectivity index (χ0v) is 13.2. The Morgan fingerprint density at radius 1 is 1.14 bits per heavy atom. The van der Waals surface area contributed by atoms with Crippen LogP contribution in [0.4, 0.5) is 4.79 Å². The summed E-state index contributed by atoms with van der Waals surface area (Å²) in [7, 11) is 0. The molecule has 2 rings (SSSR count). The minimum atomic E-state index is -0.103.